The van der Waals surface area contributed by atoms with Crippen LogP contribution in [-0.4, -0.2) is 11.4 Å². The van der Waals surface area contributed by atoms with Crippen LogP contribution in [-0.2, 0) is 5.41 Å². The van der Waals surface area contributed by atoms with Crippen molar-refractivity contribution in [3.05, 3.63) is 35.4 Å². The van der Waals surface area contributed by atoms with Gasteiger partial charge in [-0.05, 0) is 36.0 Å². The topological polar surface area (TPSA) is 52.9 Å². The minimum absolute atomic E-state index is 0.0756. The van der Waals surface area contributed by atoms with E-state index < -0.39 is 5.54 Å². The second-order valence-electron chi connectivity index (χ2n) is 7.04. The van der Waals surface area contributed by atoms with Crippen LogP contribution in [0.5, 0.6) is 0 Å². The fourth-order valence-corrected chi connectivity index (χ4v) is 2.83. The number of nitriles is 1. The molecular weight excluding hydrogens is 260 g/mol. The number of benzene rings is 1. The Kier molecular flexibility index (Phi) is 4.37. The van der Waals surface area contributed by atoms with Crippen molar-refractivity contribution in [3.63, 3.8) is 0 Å². The van der Waals surface area contributed by atoms with Crippen LogP contribution in [0.15, 0.2) is 24.3 Å². The molecule has 1 fully saturated rings. The summed E-state index contributed by atoms with van der Waals surface area (Å²) < 4.78 is 0. The van der Waals surface area contributed by atoms with Gasteiger partial charge in [-0.2, -0.15) is 5.26 Å². The van der Waals surface area contributed by atoms with Crippen LogP contribution >= 0.6 is 0 Å². The van der Waals surface area contributed by atoms with E-state index in [1.165, 1.54) is 5.56 Å². The van der Waals surface area contributed by atoms with E-state index in [9.17, 15) is 10.1 Å². The normalized spacial score (nSPS) is 17.8. The van der Waals surface area contributed by atoms with Gasteiger partial charge in [-0.1, -0.05) is 52.2 Å². The summed E-state index contributed by atoms with van der Waals surface area (Å²) >= 11 is 0. The van der Waals surface area contributed by atoms with E-state index in [0.717, 1.165) is 32.1 Å². The Balaban J connectivity index is 2.11. The first kappa shape index (κ1) is 15.6. The van der Waals surface area contributed by atoms with E-state index in [-0.39, 0.29) is 11.3 Å². The lowest BCUT2D eigenvalue weighted by Crippen LogP contribution is -2.48. The number of hydrogen-bond donors (Lipinski definition) is 1. The zero-order valence-electron chi connectivity index (χ0n) is 13.2. The van der Waals surface area contributed by atoms with Gasteiger partial charge in [-0.15, -0.1) is 0 Å². The average Bonchev–Trinajstić information content (AvgIpc) is 2.47. The van der Waals surface area contributed by atoms with Crippen molar-refractivity contribution in [2.24, 2.45) is 0 Å². The maximum absolute atomic E-state index is 12.4. The predicted octanol–water partition coefficient (Wildman–Crippen LogP) is 3.94. The van der Waals surface area contributed by atoms with Gasteiger partial charge in [0.25, 0.3) is 5.91 Å². The molecule has 0 aliphatic heterocycles. The Morgan fingerprint density at radius 3 is 2.19 bits per heavy atom. The van der Waals surface area contributed by atoms with Gasteiger partial charge in [0.1, 0.15) is 5.54 Å². The molecule has 0 spiro atoms. The summed E-state index contributed by atoms with van der Waals surface area (Å²) in [5.74, 6) is -0.140. The standard InChI is InChI=1S/C18H24N2O/c1-17(2,3)15-9-7-14(8-10-15)16(21)20-18(13-19)11-5-4-6-12-18/h7-10H,4-6,11-12H2,1-3H3,(H,20,21). The van der Waals surface area contributed by atoms with Crippen molar-refractivity contribution in [1.82, 2.24) is 5.32 Å². The van der Waals surface area contributed by atoms with Crippen LogP contribution in [0.1, 0.15) is 68.8 Å². The minimum atomic E-state index is -0.669. The zero-order valence-corrected chi connectivity index (χ0v) is 13.2. The van der Waals surface area contributed by atoms with E-state index in [0.29, 0.717) is 5.56 Å². The zero-order chi connectivity index (χ0) is 15.5. The monoisotopic (exact) mass is 284 g/mol. The van der Waals surface area contributed by atoms with E-state index in [2.05, 4.69) is 32.2 Å². The molecule has 0 aromatic heterocycles. The van der Waals surface area contributed by atoms with Gasteiger partial charge in [0, 0.05) is 5.56 Å². The molecule has 1 aromatic rings. The minimum Gasteiger partial charge on any atom is -0.334 e. The summed E-state index contributed by atoms with van der Waals surface area (Å²) in [6.07, 6.45) is 4.69. The SMILES string of the molecule is CC(C)(C)c1ccc(C(=O)NC2(C#N)CCCCC2)cc1. The molecule has 1 aliphatic rings. The van der Waals surface area contributed by atoms with Crippen LogP contribution in [0.3, 0.4) is 0 Å². The fraction of sp³-hybridized carbons (Fsp3) is 0.556. The lowest BCUT2D eigenvalue weighted by molar-refractivity contribution is 0.0902. The Morgan fingerprint density at radius 1 is 1.14 bits per heavy atom. The molecule has 21 heavy (non-hydrogen) atoms. The highest BCUT2D eigenvalue weighted by molar-refractivity contribution is 5.95. The molecule has 0 bridgehead atoms. The van der Waals surface area contributed by atoms with Gasteiger partial charge < -0.3 is 5.32 Å². The van der Waals surface area contributed by atoms with Gasteiger partial charge in [-0.25, -0.2) is 0 Å². The first-order chi connectivity index (χ1) is 9.86. The maximum Gasteiger partial charge on any atom is 0.252 e. The van der Waals surface area contributed by atoms with E-state index >= 15 is 0 Å². The Morgan fingerprint density at radius 2 is 1.71 bits per heavy atom. The highest BCUT2D eigenvalue weighted by Gasteiger charge is 2.33. The molecule has 0 radical (unpaired) electrons. The molecular formula is C18H24N2O. The third-order valence-electron chi connectivity index (χ3n) is 4.29. The highest BCUT2D eigenvalue weighted by Crippen LogP contribution is 2.28. The summed E-state index contributed by atoms with van der Waals surface area (Å²) in [6, 6.07) is 10.0. The van der Waals surface area contributed by atoms with Gasteiger partial charge in [0.15, 0.2) is 0 Å². The van der Waals surface area contributed by atoms with Gasteiger partial charge in [0.05, 0.1) is 6.07 Å². The molecule has 3 heteroatoms. The Hall–Kier alpha value is -1.82. The smallest absolute Gasteiger partial charge is 0.252 e. The number of nitrogens with zero attached hydrogens (tertiary/aromatic N) is 1. The molecule has 2 rings (SSSR count). The van der Waals surface area contributed by atoms with Crippen LogP contribution in [0, 0.1) is 11.3 Å². The number of hydrogen-bond acceptors (Lipinski definition) is 2. The van der Waals surface area contributed by atoms with Crippen LogP contribution in [0.25, 0.3) is 0 Å². The summed E-state index contributed by atoms with van der Waals surface area (Å²) in [5, 5.41) is 12.4. The van der Waals surface area contributed by atoms with Crippen molar-refractivity contribution in [1.29, 1.82) is 5.26 Å². The maximum atomic E-state index is 12.4. The molecule has 1 amide bonds. The number of nitrogens with one attached hydrogen (secondary N) is 1. The molecule has 1 saturated carbocycles. The molecule has 3 nitrogen and oxygen atoms in total. The predicted molar refractivity (Wildman–Crippen MR) is 84.0 cm³/mol. The second-order valence-corrected chi connectivity index (χ2v) is 7.04. The Labute approximate surface area is 127 Å². The molecule has 1 N–H and O–H groups in total. The molecule has 112 valence electrons. The lowest BCUT2D eigenvalue weighted by Gasteiger charge is -2.31. The summed E-state index contributed by atoms with van der Waals surface area (Å²) in [4.78, 5) is 12.4. The number of carbonyl (C=O) groups excluding carboxylic acids is 1. The van der Waals surface area contributed by atoms with Crippen LogP contribution in [0.4, 0.5) is 0 Å². The van der Waals surface area contributed by atoms with Gasteiger partial charge in [-0.3, -0.25) is 4.79 Å². The molecule has 1 aliphatic carbocycles. The number of amides is 1. The van der Waals surface area contributed by atoms with Crippen molar-refractivity contribution >= 4 is 5.91 Å². The third-order valence-corrected chi connectivity index (χ3v) is 4.29. The highest BCUT2D eigenvalue weighted by atomic mass is 16.1. The molecule has 0 saturated heterocycles. The summed E-state index contributed by atoms with van der Waals surface area (Å²) in [7, 11) is 0. The van der Waals surface area contributed by atoms with Crippen molar-refractivity contribution in [3.8, 4) is 6.07 Å². The van der Waals surface area contributed by atoms with E-state index in [4.69, 9.17) is 0 Å². The second kappa shape index (κ2) is 5.89. The molecule has 0 heterocycles. The molecule has 0 atom stereocenters. The summed E-state index contributed by atoms with van der Waals surface area (Å²) in [6.45, 7) is 6.44. The average molecular weight is 284 g/mol. The van der Waals surface area contributed by atoms with E-state index in [1.54, 1.807) is 0 Å². The van der Waals surface area contributed by atoms with Gasteiger partial charge >= 0.3 is 0 Å². The number of rotatable bonds is 2. The lowest BCUT2D eigenvalue weighted by atomic mass is 9.82. The van der Waals surface area contributed by atoms with Crippen molar-refractivity contribution in [2.45, 2.75) is 63.8 Å². The Bertz CT molecular complexity index is 540. The molecule has 1 aromatic carbocycles. The fourth-order valence-electron chi connectivity index (χ4n) is 2.83. The number of carbonyl (C=O) groups is 1. The van der Waals surface area contributed by atoms with Crippen LogP contribution in [0.2, 0.25) is 0 Å². The van der Waals surface area contributed by atoms with Crippen molar-refractivity contribution < 1.29 is 4.79 Å². The largest absolute Gasteiger partial charge is 0.334 e. The van der Waals surface area contributed by atoms with Crippen molar-refractivity contribution in [2.75, 3.05) is 0 Å². The molecule has 0 unspecified atom stereocenters. The van der Waals surface area contributed by atoms with Crippen LogP contribution < -0.4 is 5.32 Å². The third kappa shape index (κ3) is 3.64. The summed E-state index contributed by atoms with van der Waals surface area (Å²) in [5.41, 5.74) is 1.24. The first-order valence-corrected chi connectivity index (χ1v) is 7.71. The van der Waals surface area contributed by atoms with Gasteiger partial charge in [0.2, 0.25) is 0 Å². The quantitative estimate of drug-likeness (QED) is 0.894. The van der Waals surface area contributed by atoms with E-state index in [1.807, 2.05) is 24.3 Å². The first-order valence-electron chi connectivity index (χ1n) is 7.71.